The summed E-state index contributed by atoms with van der Waals surface area (Å²) in [7, 11) is -0.0713. The number of benzene rings is 2. The monoisotopic (exact) mass is 720 g/mol. The zero-order valence-electron chi connectivity index (χ0n) is 29.5. The van der Waals surface area contributed by atoms with Crippen molar-refractivity contribution in [2.45, 2.75) is 138 Å². The summed E-state index contributed by atoms with van der Waals surface area (Å²) in [6.07, 6.45) is 33.9. The molecule has 4 rings (SSSR count). The van der Waals surface area contributed by atoms with Crippen molar-refractivity contribution < 1.29 is 23.2 Å². The predicted octanol–water partition coefficient (Wildman–Crippen LogP) is 14.5. The van der Waals surface area contributed by atoms with E-state index in [0.29, 0.717) is 0 Å². The van der Waals surface area contributed by atoms with E-state index >= 15 is 0 Å². The minimum absolute atomic E-state index is 0.0357. The van der Waals surface area contributed by atoms with Gasteiger partial charge in [-0.1, -0.05) is 0 Å². The van der Waals surface area contributed by atoms with Crippen LogP contribution < -0.4 is 0 Å². The Balaban J connectivity index is 1.62. The molecule has 0 saturated carbocycles. The molecule has 0 spiro atoms. The molecule has 0 saturated heterocycles. The summed E-state index contributed by atoms with van der Waals surface area (Å²) in [5.41, 5.74) is 6.58. The molecule has 0 aromatic heterocycles. The summed E-state index contributed by atoms with van der Waals surface area (Å²) in [5, 5.41) is 3.87. The molecule has 0 radical (unpaired) electrons. The van der Waals surface area contributed by atoms with Gasteiger partial charge in [0.1, 0.15) is 0 Å². The fourth-order valence-corrected chi connectivity index (χ4v) is 20.7. The summed E-state index contributed by atoms with van der Waals surface area (Å²) in [6.45, 7) is 9.44. The summed E-state index contributed by atoms with van der Waals surface area (Å²) in [6, 6.07) is 19.3. The molecule has 246 valence electrons. The van der Waals surface area contributed by atoms with Crippen molar-refractivity contribution >= 4 is 28.0 Å². The predicted molar refractivity (Wildman–Crippen MR) is 204 cm³/mol. The minimum atomic E-state index is -0.863. The van der Waals surface area contributed by atoms with Gasteiger partial charge in [0.25, 0.3) is 0 Å². The van der Waals surface area contributed by atoms with Crippen LogP contribution >= 0.6 is 15.8 Å². The van der Waals surface area contributed by atoms with E-state index in [2.05, 4.69) is 88.4 Å². The molecule has 3 heteroatoms. The van der Waals surface area contributed by atoms with Crippen LogP contribution in [-0.4, -0.2) is 24.6 Å². The first-order valence-corrected chi connectivity index (χ1v) is 25.3. The van der Waals surface area contributed by atoms with Gasteiger partial charge in [0, 0.05) is 0 Å². The van der Waals surface area contributed by atoms with Gasteiger partial charge in [-0.3, -0.25) is 0 Å². The van der Waals surface area contributed by atoms with Crippen LogP contribution in [-0.2, 0) is 23.2 Å². The van der Waals surface area contributed by atoms with Gasteiger partial charge >= 0.3 is 295 Å². The molecule has 2 aromatic rings. The van der Waals surface area contributed by atoms with Gasteiger partial charge < -0.3 is 0 Å². The van der Waals surface area contributed by atoms with Crippen LogP contribution in [0.25, 0.3) is 12.2 Å². The molecule has 45 heavy (non-hydrogen) atoms. The van der Waals surface area contributed by atoms with Crippen LogP contribution in [0.15, 0.2) is 59.2 Å². The van der Waals surface area contributed by atoms with Crippen molar-refractivity contribution in [3.05, 3.63) is 81.4 Å². The number of rotatable bonds is 24. The normalized spacial score (nSPS) is 17.1. The molecular weight excluding hydrogens is 658 g/mol. The molecule has 0 bridgehead atoms. The van der Waals surface area contributed by atoms with E-state index in [-0.39, 0.29) is 15.8 Å². The quantitative estimate of drug-likeness (QED) is 0.0748. The molecule has 2 aliphatic carbocycles. The molecule has 2 unspecified atom stereocenters. The van der Waals surface area contributed by atoms with Gasteiger partial charge in [0.15, 0.2) is 0 Å². The van der Waals surface area contributed by atoms with Crippen LogP contribution in [0.1, 0.15) is 160 Å². The Bertz CT molecular complexity index is 1070. The van der Waals surface area contributed by atoms with Gasteiger partial charge in [-0.05, 0) is 0 Å². The average Bonchev–Trinajstić information content (AvgIpc) is 3.62. The Kier molecular flexibility index (Phi) is 18.0. The van der Waals surface area contributed by atoms with Gasteiger partial charge in [0.2, 0.25) is 0 Å². The average molecular weight is 722 g/mol. The summed E-state index contributed by atoms with van der Waals surface area (Å²) < 4.78 is 1.54. The fraction of sp³-hybridized carbons (Fsp3) is 0.619. The van der Waals surface area contributed by atoms with Crippen LogP contribution in [0.5, 0.6) is 0 Å². The number of hydrogen-bond acceptors (Lipinski definition) is 0. The number of fused-ring (bicyclic) bond motifs is 2. The van der Waals surface area contributed by atoms with Crippen LogP contribution in [0, 0.1) is 0 Å². The zero-order chi connectivity index (χ0) is 31.7. The van der Waals surface area contributed by atoms with E-state index < -0.39 is 23.2 Å². The SMILES string of the molecule is CCCCCCP(CCCCCC)C1=Cc2ccccc2[CH]1[Zr][CH]1C(P(CCCCCC)CCCCCC)=Cc2ccccc21. The van der Waals surface area contributed by atoms with Crippen molar-refractivity contribution in [3.8, 4) is 0 Å². The second kappa shape index (κ2) is 21.6. The fourth-order valence-electron chi connectivity index (χ4n) is 7.34. The summed E-state index contributed by atoms with van der Waals surface area (Å²) in [5.74, 6) is 0. The number of allylic oxidation sites excluding steroid dienone is 2. The van der Waals surface area contributed by atoms with Crippen LogP contribution in [0.4, 0.5) is 0 Å². The molecular formula is C42H64P2Zr. The van der Waals surface area contributed by atoms with E-state index in [1.807, 2.05) is 10.6 Å². The first-order valence-electron chi connectivity index (χ1n) is 19.1. The molecule has 0 fully saturated rings. The van der Waals surface area contributed by atoms with Crippen molar-refractivity contribution in [3.63, 3.8) is 0 Å². The van der Waals surface area contributed by atoms with Crippen molar-refractivity contribution in [1.29, 1.82) is 0 Å². The van der Waals surface area contributed by atoms with Gasteiger partial charge in [-0.2, -0.15) is 0 Å². The molecule has 0 amide bonds. The molecule has 2 aliphatic rings. The second-order valence-corrected chi connectivity index (χ2v) is 22.3. The Morgan fingerprint density at radius 3 is 1.11 bits per heavy atom. The van der Waals surface area contributed by atoms with E-state index in [1.54, 1.807) is 22.3 Å². The van der Waals surface area contributed by atoms with E-state index in [9.17, 15) is 0 Å². The first kappa shape index (κ1) is 37.5. The van der Waals surface area contributed by atoms with E-state index in [0.717, 1.165) is 7.25 Å². The molecule has 0 aliphatic heterocycles. The maximum absolute atomic E-state index is 2.74. The molecule has 0 N–H and O–H groups in total. The van der Waals surface area contributed by atoms with Crippen molar-refractivity contribution in [2.24, 2.45) is 0 Å². The second-order valence-electron chi connectivity index (χ2n) is 13.6. The van der Waals surface area contributed by atoms with Crippen molar-refractivity contribution in [2.75, 3.05) is 24.6 Å². The summed E-state index contributed by atoms with van der Waals surface area (Å²) >= 11 is -0.863. The van der Waals surface area contributed by atoms with Gasteiger partial charge in [-0.25, -0.2) is 0 Å². The van der Waals surface area contributed by atoms with E-state index in [1.165, 1.54) is 127 Å². The van der Waals surface area contributed by atoms with E-state index in [4.69, 9.17) is 0 Å². The van der Waals surface area contributed by atoms with Gasteiger partial charge in [0.05, 0.1) is 0 Å². The number of hydrogen-bond donors (Lipinski definition) is 0. The third-order valence-corrected chi connectivity index (χ3v) is 21.6. The molecule has 0 heterocycles. The van der Waals surface area contributed by atoms with Crippen molar-refractivity contribution in [1.82, 2.24) is 0 Å². The third kappa shape index (κ3) is 11.4. The Labute approximate surface area is 293 Å². The first-order chi connectivity index (χ1) is 22.2. The summed E-state index contributed by atoms with van der Waals surface area (Å²) in [4.78, 5) is 0. The third-order valence-electron chi connectivity index (χ3n) is 10.0. The Morgan fingerprint density at radius 2 is 0.778 bits per heavy atom. The maximum atomic E-state index is 2.74. The molecule has 2 aromatic carbocycles. The zero-order valence-corrected chi connectivity index (χ0v) is 33.7. The topological polar surface area (TPSA) is 0 Å². The number of unbranched alkanes of at least 4 members (excludes halogenated alkanes) is 12. The van der Waals surface area contributed by atoms with Crippen LogP contribution in [0.3, 0.4) is 0 Å². The van der Waals surface area contributed by atoms with Crippen LogP contribution in [0.2, 0.25) is 0 Å². The standard InChI is InChI=1S/2C21H32P.Zr/c2*1-3-5-7-11-15-22(16-12-8-6-4-2)21-17-19-13-9-10-14-20(19)18-21;/h2*9-10,13-14,17-18H,3-8,11-12,15-16H2,1-2H3;. The molecule has 2 atom stereocenters. The Morgan fingerprint density at radius 1 is 0.444 bits per heavy atom. The van der Waals surface area contributed by atoms with Gasteiger partial charge in [-0.15, -0.1) is 0 Å². The molecule has 0 nitrogen and oxygen atoms in total. The Hall–Kier alpha value is -0.337.